The average molecular weight is 886 g/mol. The molecule has 0 aromatic heterocycles. The number of ether oxygens (including phenoxy) is 5. The van der Waals surface area contributed by atoms with Gasteiger partial charge in [0.2, 0.25) is 29.5 Å². The summed E-state index contributed by atoms with van der Waals surface area (Å²) in [5.74, 6) is 4.56. The van der Waals surface area contributed by atoms with Gasteiger partial charge < -0.3 is 60.9 Å². The molecule has 1 heterocycles. The molecular formula is C46H59N7O11. The Morgan fingerprint density at radius 1 is 0.672 bits per heavy atom. The summed E-state index contributed by atoms with van der Waals surface area (Å²) in [6.45, 7) is 3.27. The number of nitrogens with two attached hydrogens (primary N) is 1. The molecule has 1 aliphatic heterocycles. The summed E-state index contributed by atoms with van der Waals surface area (Å²) in [7, 11) is 1.59. The van der Waals surface area contributed by atoms with Crippen LogP contribution in [0.1, 0.15) is 54.4 Å². The van der Waals surface area contributed by atoms with Crippen molar-refractivity contribution in [2.24, 2.45) is 5.73 Å². The molecule has 4 rings (SSSR count). The molecule has 18 heteroatoms. The lowest BCUT2D eigenvalue weighted by atomic mass is 10.0. The monoisotopic (exact) mass is 885 g/mol. The van der Waals surface area contributed by atoms with Crippen LogP contribution in [0.3, 0.4) is 0 Å². The lowest BCUT2D eigenvalue weighted by Crippen LogP contribution is -2.47. The average Bonchev–Trinajstić information content (AvgIpc) is 3.28. The zero-order valence-corrected chi connectivity index (χ0v) is 36.2. The summed E-state index contributed by atoms with van der Waals surface area (Å²) in [6.07, 6.45) is 0.701. The predicted molar refractivity (Wildman–Crippen MR) is 238 cm³/mol. The Morgan fingerprint density at radius 3 is 2.00 bits per heavy atom. The van der Waals surface area contributed by atoms with Crippen LogP contribution in [0, 0.1) is 11.8 Å². The Balaban J connectivity index is 0.968. The van der Waals surface area contributed by atoms with Crippen LogP contribution in [-0.4, -0.2) is 121 Å². The predicted octanol–water partition coefficient (Wildman–Crippen LogP) is 2.12. The van der Waals surface area contributed by atoms with Gasteiger partial charge in [0, 0.05) is 56.3 Å². The fraction of sp³-hybridized carbons (Fsp3) is 0.435. The Morgan fingerprint density at radius 2 is 1.30 bits per heavy atom. The number of anilines is 2. The molecular weight excluding hydrogens is 827 g/mol. The molecule has 0 saturated carbocycles. The minimum absolute atomic E-state index is 0.0157. The van der Waals surface area contributed by atoms with Crippen molar-refractivity contribution in [3.05, 3.63) is 95.1 Å². The molecule has 7 amide bonds. The molecule has 7 N–H and O–H groups in total. The number of primary amides is 1. The van der Waals surface area contributed by atoms with Crippen LogP contribution in [0.15, 0.2) is 72.8 Å². The van der Waals surface area contributed by atoms with E-state index in [1.807, 2.05) is 60.7 Å². The van der Waals surface area contributed by atoms with Gasteiger partial charge in [0.05, 0.1) is 78.2 Å². The smallest absolute Gasteiger partial charge is 0.312 e. The van der Waals surface area contributed by atoms with Crippen LogP contribution in [0.2, 0.25) is 0 Å². The number of rotatable bonds is 29. The largest absolute Gasteiger partial charge is 0.380 e. The third-order valence-electron chi connectivity index (χ3n) is 9.50. The van der Waals surface area contributed by atoms with Gasteiger partial charge in [-0.05, 0) is 54.3 Å². The molecule has 0 radical (unpaired) electrons. The van der Waals surface area contributed by atoms with Gasteiger partial charge >= 0.3 is 6.03 Å². The number of amides is 7. The first kappa shape index (κ1) is 50.3. The maximum atomic E-state index is 13.3. The number of hydrogen-bond donors (Lipinski definition) is 6. The lowest BCUT2D eigenvalue weighted by Gasteiger charge is -2.26. The van der Waals surface area contributed by atoms with E-state index >= 15 is 0 Å². The molecule has 344 valence electrons. The molecule has 0 unspecified atom stereocenters. The van der Waals surface area contributed by atoms with Crippen molar-refractivity contribution in [3.8, 4) is 11.8 Å². The number of nitrogens with one attached hydrogen (secondary N) is 5. The van der Waals surface area contributed by atoms with E-state index < -0.39 is 29.8 Å². The second-order valence-electron chi connectivity index (χ2n) is 14.4. The lowest BCUT2D eigenvalue weighted by molar-refractivity contribution is -0.128. The highest BCUT2D eigenvalue weighted by Gasteiger charge is 2.23. The van der Waals surface area contributed by atoms with E-state index in [2.05, 4.69) is 38.4 Å². The van der Waals surface area contributed by atoms with Gasteiger partial charge in [-0.2, -0.15) is 0 Å². The van der Waals surface area contributed by atoms with E-state index in [0.29, 0.717) is 71.4 Å². The van der Waals surface area contributed by atoms with Crippen LogP contribution in [-0.2, 0) is 60.8 Å². The van der Waals surface area contributed by atoms with Crippen LogP contribution in [0.4, 0.5) is 16.2 Å². The summed E-state index contributed by atoms with van der Waals surface area (Å²) < 4.78 is 27.1. The van der Waals surface area contributed by atoms with Crippen molar-refractivity contribution in [2.45, 2.75) is 51.3 Å². The molecule has 1 atom stereocenters. The molecule has 3 aromatic carbocycles. The number of fused-ring (bicyclic) bond motifs is 2. The van der Waals surface area contributed by atoms with Crippen molar-refractivity contribution < 1.29 is 52.5 Å². The standard InChI is InChI=1S/C46H59N7O11/c1-60-33-34-12-16-38(17-13-34)51-45(58)39(10-6-21-49-46(47)59)52-43(56)31-50-42(55)20-23-61-25-27-63-29-30-64-28-26-62-24-22-48-41(54)18-19-44(57)53-32-37-9-3-2-7-35(37)14-15-36-8-4-5-11-40(36)53/h2-5,7-9,11-13,16-17,39H,6,10,18-33H2,1H3,(H,48,54)(H,50,55)(H,51,58)(H,52,56)(H3,47,49,59)/t39-/m0/s1. The van der Waals surface area contributed by atoms with Crippen LogP contribution < -0.4 is 37.2 Å². The molecule has 0 bridgehead atoms. The number of urea groups is 1. The van der Waals surface area contributed by atoms with E-state index in [1.54, 1.807) is 24.1 Å². The highest BCUT2D eigenvalue weighted by atomic mass is 16.6. The third-order valence-corrected chi connectivity index (χ3v) is 9.50. The van der Waals surface area contributed by atoms with Crippen molar-refractivity contribution in [1.29, 1.82) is 0 Å². The van der Waals surface area contributed by atoms with E-state index in [-0.39, 0.29) is 63.8 Å². The van der Waals surface area contributed by atoms with Gasteiger partial charge in [-0.3, -0.25) is 24.0 Å². The molecule has 1 aliphatic rings. The number of hydrogen-bond acceptors (Lipinski definition) is 11. The molecule has 64 heavy (non-hydrogen) atoms. The Labute approximate surface area is 373 Å². The Bertz CT molecular complexity index is 2040. The second-order valence-corrected chi connectivity index (χ2v) is 14.4. The zero-order valence-electron chi connectivity index (χ0n) is 36.2. The highest BCUT2D eigenvalue weighted by molar-refractivity contribution is 5.98. The minimum Gasteiger partial charge on any atom is -0.380 e. The molecule has 18 nitrogen and oxygen atoms in total. The SMILES string of the molecule is COCc1ccc(NC(=O)[C@H](CCCNC(N)=O)NC(=O)CNC(=O)CCOCCOCCOCCOCCNC(=O)CCC(=O)N2Cc3ccccc3C#Cc3ccccc32)cc1. The topological polar surface area (TPSA) is 238 Å². The number of carbonyl (C=O) groups excluding carboxylic acids is 6. The van der Waals surface area contributed by atoms with E-state index in [4.69, 9.17) is 29.4 Å². The highest BCUT2D eigenvalue weighted by Crippen LogP contribution is 2.26. The van der Waals surface area contributed by atoms with Gasteiger partial charge in [0.1, 0.15) is 6.04 Å². The fourth-order valence-corrected chi connectivity index (χ4v) is 6.22. The quantitative estimate of drug-likeness (QED) is 0.0436. The van der Waals surface area contributed by atoms with E-state index in [9.17, 15) is 28.8 Å². The van der Waals surface area contributed by atoms with Crippen molar-refractivity contribution in [3.63, 3.8) is 0 Å². The normalized spacial score (nSPS) is 11.9. The molecule has 0 saturated heterocycles. The van der Waals surface area contributed by atoms with E-state index in [0.717, 1.165) is 27.9 Å². The van der Waals surface area contributed by atoms with Crippen molar-refractivity contribution >= 4 is 46.9 Å². The third kappa shape index (κ3) is 19.4. The Kier molecular flexibility index (Phi) is 22.9. The van der Waals surface area contributed by atoms with Crippen LogP contribution >= 0.6 is 0 Å². The first-order chi connectivity index (χ1) is 31.1. The molecule has 0 aliphatic carbocycles. The Hall–Kier alpha value is -6.36. The number of para-hydroxylation sites is 1. The first-order valence-corrected chi connectivity index (χ1v) is 21.2. The number of benzene rings is 3. The zero-order chi connectivity index (χ0) is 45.8. The summed E-state index contributed by atoms with van der Waals surface area (Å²) in [4.78, 5) is 76.4. The summed E-state index contributed by atoms with van der Waals surface area (Å²) in [5.41, 5.74) is 9.88. The maximum Gasteiger partial charge on any atom is 0.312 e. The summed E-state index contributed by atoms with van der Waals surface area (Å²) >= 11 is 0. The van der Waals surface area contributed by atoms with Crippen molar-refractivity contribution in [1.82, 2.24) is 21.3 Å². The second kappa shape index (κ2) is 29.1. The molecule has 0 fully saturated rings. The fourth-order valence-electron chi connectivity index (χ4n) is 6.22. The van der Waals surface area contributed by atoms with Crippen molar-refractivity contribution in [2.75, 3.05) is 89.8 Å². The van der Waals surface area contributed by atoms with Crippen LogP contribution in [0.25, 0.3) is 0 Å². The summed E-state index contributed by atoms with van der Waals surface area (Å²) in [6, 6.07) is 20.7. The molecule has 3 aromatic rings. The first-order valence-electron chi connectivity index (χ1n) is 21.2. The number of carbonyl (C=O) groups is 6. The maximum absolute atomic E-state index is 13.3. The number of methoxy groups -OCH3 is 1. The van der Waals surface area contributed by atoms with Gasteiger partial charge in [0.25, 0.3) is 0 Å². The van der Waals surface area contributed by atoms with Gasteiger partial charge in [-0.15, -0.1) is 0 Å². The van der Waals surface area contributed by atoms with Gasteiger partial charge in [0.15, 0.2) is 0 Å². The minimum atomic E-state index is -0.931. The number of nitrogens with zero attached hydrogens (tertiary/aromatic N) is 1. The summed E-state index contributed by atoms with van der Waals surface area (Å²) in [5, 5.41) is 13.2. The van der Waals surface area contributed by atoms with Gasteiger partial charge in [-0.1, -0.05) is 54.3 Å². The van der Waals surface area contributed by atoms with Gasteiger partial charge in [-0.25, -0.2) is 4.79 Å². The van der Waals surface area contributed by atoms with Crippen LogP contribution in [0.5, 0.6) is 0 Å². The molecule has 0 spiro atoms. The van der Waals surface area contributed by atoms with E-state index in [1.165, 1.54) is 0 Å².